The highest BCUT2D eigenvalue weighted by Gasteiger charge is 2.16. The highest BCUT2D eigenvalue weighted by molar-refractivity contribution is 14.1. The van der Waals surface area contributed by atoms with Crippen LogP contribution in [0, 0.1) is 3.57 Å². The molecule has 0 aromatic heterocycles. The van der Waals surface area contributed by atoms with Gasteiger partial charge in [0.1, 0.15) is 12.4 Å². The molecule has 0 aliphatic rings. The molecule has 0 atom stereocenters. The highest BCUT2D eigenvalue weighted by atomic mass is 127. The van der Waals surface area contributed by atoms with Gasteiger partial charge in [0.25, 0.3) is 11.6 Å². The average Bonchev–Trinajstić information content (AvgIpc) is 2.60. The maximum Gasteiger partial charge on any atom is 0.267 e. The third-order valence-corrected chi connectivity index (χ3v) is 4.91. The Kier molecular flexibility index (Phi) is 7.37. The molecule has 0 amide bonds. The number of halogens is 3. The molecule has 0 heterocycles. The average molecular weight is 477 g/mol. The molecule has 1 N–H and O–H groups in total. The summed E-state index contributed by atoms with van der Waals surface area (Å²) in [6.07, 6.45) is -1.89. The molecule has 7 heteroatoms. The molecule has 0 spiro atoms. The molecule has 0 fully saturated rings. The first-order valence-corrected chi connectivity index (χ1v) is 9.11. The molecule has 0 aliphatic heterocycles. The number of alkyl halides is 2. The Bertz CT molecular complexity index is 756. The van der Waals surface area contributed by atoms with Gasteiger partial charge in [-0.1, -0.05) is 19.1 Å². The molecule has 0 aliphatic carbocycles. The Morgan fingerprint density at radius 3 is 2.68 bits per heavy atom. The molecule has 0 saturated heterocycles. The molecule has 2 aromatic carbocycles. The minimum absolute atomic E-state index is 0.0905. The van der Waals surface area contributed by atoms with Crippen LogP contribution in [0.4, 0.5) is 14.5 Å². The van der Waals surface area contributed by atoms with Gasteiger partial charge < -0.3 is 14.8 Å². The van der Waals surface area contributed by atoms with Crippen LogP contribution in [0.5, 0.6) is 5.75 Å². The van der Waals surface area contributed by atoms with Crippen molar-refractivity contribution < 1.29 is 18.3 Å². The molecule has 2 rings (SSSR count). The van der Waals surface area contributed by atoms with Crippen LogP contribution in [-0.4, -0.2) is 12.3 Å². The lowest BCUT2D eigenvalue weighted by Gasteiger charge is -2.16. The summed E-state index contributed by atoms with van der Waals surface area (Å²) < 4.78 is 38.3. The largest absolute Gasteiger partial charge is 0.488 e. The zero-order chi connectivity index (χ0) is 18.4. The van der Waals surface area contributed by atoms with Crippen LogP contribution < -0.4 is 10.1 Å². The summed E-state index contributed by atoms with van der Waals surface area (Å²) in [6.45, 7) is 2.06. The van der Waals surface area contributed by atoms with Gasteiger partial charge in [0.15, 0.2) is 0 Å². The first-order valence-electron chi connectivity index (χ1n) is 7.62. The van der Waals surface area contributed by atoms with Crippen LogP contribution in [-0.2, 0) is 17.8 Å². The predicted octanol–water partition coefficient (Wildman–Crippen LogP) is 5.71. The fraction of sp³-hybridized carbons (Fsp3) is 0.278. The summed E-state index contributed by atoms with van der Waals surface area (Å²) >= 11 is 7.19. The number of thiocarbonyl (C=S) groups is 1. The number of nitrogens with one attached hydrogen (secondary N) is 1. The van der Waals surface area contributed by atoms with E-state index >= 15 is 0 Å². The predicted molar refractivity (Wildman–Crippen MR) is 107 cm³/mol. The van der Waals surface area contributed by atoms with E-state index in [0.29, 0.717) is 6.42 Å². The normalized spacial score (nSPS) is 10.6. The fourth-order valence-corrected chi connectivity index (χ4v) is 3.02. The first-order chi connectivity index (χ1) is 12.0. The van der Waals surface area contributed by atoms with Gasteiger partial charge in [-0.2, -0.15) is 0 Å². The minimum atomic E-state index is -2.59. The zero-order valence-corrected chi connectivity index (χ0v) is 16.8. The second-order valence-corrected chi connectivity index (χ2v) is 6.73. The van der Waals surface area contributed by atoms with Crippen LogP contribution in [0.2, 0.25) is 0 Å². The van der Waals surface area contributed by atoms with Crippen molar-refractivity contribution in [2.24, 2.45) is 0 Å². The molecule has 3 nitrogen and oxygen atoms in total. The van der Waals surface area contributed by atoms with Gasteiger partial charge in [-0.05, 0) is 71.1 Å². The third kappa shape index (κ3) is 5.24. The number of ether oxygens (including phenoxy) is 2. The summed E-state index contributed by atoms with van der Waals surface area (Å²) in [7, 11) is 1.48. The lowest BCUT2D eigenvalue weighted by Crippen LogP contribution is -2.14. The maximum absolute atomic E-state index is 13.3. The van der Waals surface area contributed by atoms with E-state index in [1.54, 1.807) is 12.1 Å². The van der Waals surface area contributed by atoms with E-state index in [0.717, 1.165) is 20.4 Å². The van der Waals surface area contributed by atoms with Crippen molar-refractivity contribution in [3.05, 3.63) is 56.7 Å². The Hall–Kier alpha value is -1.48. The molecular formula is C18H18F2INO2S. The van der Waals surface area contributed by atoms with Gasteiger partial charge in [-0.3, -0.25) is 0 Å². The number of hydrogen-bond donors (Lipinski definition) is 1. The molecular weight excluding hydrogens is 459 g/mol. The van der Waals surface area contributed by atoms with Gasteiger partial charge in [0.05, 0.1) is 12.7 Å². The van der Waals surface area contributed by atoms with Crippen molar-refractivity contribution in [2.75, 3.05) is 12.4 Å². The van der Waals surface area contributed by atoms with Crippen molar-refractivity contribution in [3.63, 3.8) is 0 Å². The first kappa shape index (κ1) is 19.8. The lowest BCUT2D eigenvalue weighted by molar-refractivity contribution is 0.144. The summed E-state index contributed by atoms with van der Waals surface area (Å²) in [5.41, 5.74) is 2.31. The Morgan fingerprint density at radius 1 is 1.28 bits per heavy atom. The Morgan fingerprint density at radius 2 is 2.04 bits per heavy atom. The smallest absolute Gasteiger partial charge is 0.267 e. The second-order valence-electron chi connectivity index (χ2n) is 5.20. The SMILES string of the molecule is CCc1ccc(OCc2c(I)cccc2NC(=S)OC)c(C(F)F)c1. The standard InChI is InChI=1S/C18H18F2INO2S/c1-3-11-7-8-16(12(9-11)17(19)20)24-10-13-14(21)5-4-6-15(13)22-18(25)23-2/h4-9,17H,3,10H2,1-2H3,(H,22,25). The number of rotatable bonds is 6. The van der Waals surface area contributed by atoms with Crippen LogP contribution in [0.1, 0.15) is 30.0 Å². The molecule has 2 aromatic rings. The Balaban J connectivity index is 2.26. The van der Waals surface area contributed by atoms with Crippen LogP contribution >= 0.6 is 34.8 Å². The molecule has 134 valence electrons. The monoisotopic (exact) mass is 477 g/mol. The van der Waals surface area contributed by atoms with Crippen molar-refractivity contribution in [1.82, 2.24) is 0 Å². The van der Waals surface area contributed by atoms with E-state index in [1.165, 1.54) is 13.2 Å². The molecule has 0 radical (unpaired) electrons. The van der Waals surface area contributed by atoms with E-state index in [9.17, 15) is 8.78 Å². The van der Waals surface area contributed by atoms with Crippen molar-refractivity contribution in [1.29, 1.82) is 0 Å². The van der Waals surface area contributed by atoms with Crippen molar-refractivity contribution in [3.8, 4) is 5.75 Å². The summed E-state index contributed by atoms with van der Waals surface area (Å²) in [4.78, 5) is 0. The second kappa shape index (κ2) is 9.28. The van der Waals surface area contributed by atoms with Gasteiger partial charge in [0.2, 0.25) is 0 Å². The fourth-order valence-electron chi connectivity index (χ4n) is 2.25. The summed E-state index contributed by atoms with van der Waals surface area (Å²) in [6, 6.07) is 10.5. The number of hydrogen-bond acceptors (Lipinski definition) is 3. The van der Waals surface area contributed by atoms with Gasteiger partial charge in [0, 0.05) is 14.8 Å². The minimum Gasteiger partial charge on any atom is -0.488 e. The van der Waals surface area contributed by atoms with E-state index in [4.69, 9.17) is 21.7 Å². The van der Waals surface area contributed by atoms with Crippen LogP contribution in [0.15, 0.2) is 36.4 Å². The topological polar surface area (TPSA) is 30.5 Å². The van der Waals surface area contributed by atoms with Gasteiger partial charge in [-0.15, -0.1) is 0 Å². The van der Waals surface area contributed by atoms with Crippen LogP contribution in [0.25, 0.3) is 0 Å². The number of benzene rings is 2. The molecule has 0 bridgehead atoms. The van der Waals surface area contributed by atoms with E-state index < -0.39 is 6.43 Å². The summed E-state index contributed by atoms with van der Waals surface area (Å²) in [5, 5.41) is 3.19. The number of aryl methyl sites for hydroxylation is 1. The van der Waals surface area contributed by atoms with Gasteiger partial charge in [-0.25, -0.2) is 8.78 Å². The maximum atomic E-state index is 13.3. The van der Waals surface area contributed by atoms with Crippen molar-refractivity contribution >= 4 is 45.7 Å². The molecule has 0 saturated carbocycles. The summed E-state index contributed by atoms with van der Waals surface area (Å²) in [5.74, 6) is 0.187. The Labute approximate surface area is 164 Å². The quantitative estimate of drug-likeness (QED) is 0.427. The van der Waals surface area contributed by atoms with Crippen molar-refractivity contribution in [2.45, 2.75) is 26.4 Å². The number of methoxy groups -OCH3 is 1. The zero-order valence-electron chi connectivity index (χ0n) is 13.8. The molecule has 0 unspecified atom stereocenters. The van der Waals surface area contributed by atoms with E-state index in [1.807, 2.05) is 25.1 Å². The highest BCUT2D eigenvalue weighted by Crippen LogP contribution is 2.32. The molecule has 25 heavy (non-hydrogen) atoms. The third-order valence-electron chi connectivity index (χ3n) is 3.63. The van der Waals surface area contributed by atoms with E-state index in [-0.39, 0.29) is 23.1 Å². The van der Waals surface area contributed by atoms with Gasteiger partial charge >= 0.3 is 0 Å². The lowest BCUT2D eigenvalue weighted by atomic mass is 10.1. The van der Waals surface area contributed by atoms with Crippen LogP contribution in [0.3, 0.4) is 0 Å². The number of anilines is 1. The van der Waals surface area contributed by atoms with E-state index in [2.05, 4.69) is 27.9 Å².